The van der Waals surface area contributed by atoms with Gasteiger partial charge in [0.2, 0.25) is 5.91 Å². The van der Waals surface area contributed by atoms with Crippen molar-refractivity contribution in [2.45, 2.75) is 57.4 Å². The van der Waals surface area contributed by atoms with E-state index in [0.717, 1.165) is 37.6 Å². The highest BCUT2D eigenvalue weighted by molar-refractivity contribution is 5.81. The Balaban J connectivity index is 1.86. The summed E-state index contributed by atoms with van der Waals surface area (Å²) in [6.07, 6.45) is 15.2. The van der Waals surface area contributed by atoms with Gasteiger partial charge in [-0.3, -0.25) is 14.4 Å². The minimum absolute atomic E-state index is 0.114. The van der Waals surface area contributed by atoms with Gasteiger partial charge < -0.3 is 0 Å². The Morgan fingerprint density at radius 2 is 1.95 bits per heavy atom. The van der Waals surface area contributed by atoms with E-state index in [-0.39, 0.29) is 11.8 Å². The normalized spacial score (nSPS) is 24.2. The summed E-state index contributed by atoms with van der Waals surface area (Å²) < 4.78 is 1.78. The number of rotatable bonds is 2. The number of pyridine rings is 1. The molecule has 0 N–H and O–H groups in total. The molecule has 112 valence electrons. The highest BCUT2D eigenvalue weighted by Gasteiger charge is 2.20. The first-order chi connectivity index (χ1) is 10.3. The van der Waals surface area contributed by atoms with Crippen molar-refractivity contribution in [1.82, 2.24) is 4.57 Å². The van der Waals surface area contributed by atoms with Crippen molar-refractivity contribution < 1.29 is 4.79 Å². The average Bonchev–Trinajstić information content (AvgIpc) is 2.56. The Labute approximate surface area is 126 Å². The van der Waals surface area contributed by atoms with Crippen LogP contribution in [0.3, 0.4) is 0 Å². The van der Waals surface area contributed by atoms with E-state index in [1.54, 1.807) is 4.57 Å². The number of nitrogens with zero attached hydrogens (tertiary/aromatic N) is 2. The molecule has 21 heavy (non-hydrogen) atoms. The molecule has 0 aliphatic heterocycles. The minimum atomic E-state index is 0.114. The first-order valence-corrected chi connectivity index (χ1v) is 8.25. The zero-order chi connectivity index (χ0) is 14.5. The molecule has 1 atom stereocenters. The third-order valence-corrected chi connectivity index (χ3v) is 4.58. The second kappa shape index (κ2) is 6.88. The van der Waals surface area contributed by atoms with E-state index >= 15 is 0 Å². The molecule has 2 aliphatic rings. The summed E-state index contributed by atoms with van der Waals surface area (Å²) in [6, 6.07) is 6.28. The molecule has 1 saturated carbocycles. The first-order valence-electron chi connectivity index (χ1n) is 8.25. The predicted molar refractivity (Wildman–Crippen MR) is 84.0 cm³/mol. The van der Waals surface area contributed by atoms with E-state index < -0.39 is 0 Å². The van der Waals surface area contributed by atoms with Gasteiger partial charge in [-0.15, -0.1) is 0 Å². The molecule has 3 rings (SSSR count). The zero-order valence-electron chi connectivity index (χ0n) is 12.6. The molecule has 0 aromatic carbocycles. The fourth-order valence-corrected chi connectivity index (χ4v) is 3.34. The maximum absolute atomic E-state index is 12.7. The lowest BCUT2D eigenvalue weighted by molar-refractivity contribution is 0.0819. The maximum Gasteiger partial charge on any atom is 0.235 e. The van der Waals surface area contributed by atoms with Crippen molar-refractivity contribution in [3.63, 3.8) is 0 Å². The Kier molecular flexibility index (Phi) is 4.69. The molecule has 2 aliphatic carbocycles. The van der Waals surface area contributed by atoms with Gasteiger partial charge in [0.1, 0.15) is 5.49 Å². The number of aromatic nitrogens is 1. The van der Waals surface area contributed by atoms with Gasteiger partial charge in [-0.1, -0.05) is 37.5 Å². The Morgan fingerprint density at radius 3 is 2.71 bits per heavy atom. The van der Waals surface area contributed by atoms with Gasteiger partial charge >= 0.3 is 0 Å². The van der Waals surface area contributed by atoms with Crippen LogP contribution in [0, 0.1) is 5.92 Å². The van der Waals surface area contributed by atoms with E-state index in [1.807, 2.05) is 24.4 Å². The third-order valence-electron chi connectivity index (χ3n) is 4.58. The molecule has 1 heterocycles. The summed E-state index contributed by atoms with van der Waals surface area (Å²) in [7, 11) is 0. The first kappa shape index (κ1) is 14.3. The quantitative estimate of drug-likeness (QED) is 0.762. The summed E-state index contributed by atoms with van der Waals surface area (Å²) in [6.45, 7) is 0. The lowest BCUT2D eigenvalue weighted by Crippen LogP contribution is -2.33. The summed E-state index contributed by atoms with van der Waals surface area (Å²) >= 11 is 0. The summed E-state index contributed by atoms with van der Waals surface area (Å²) in [5.74, 6) is 0.317. The average molecular weight is 284 g/mol. The standard InChI is InChI=1S/C18H24N2O/c21-18(15-9-3-1-4-10-15)20-14-8-7-13-17(20)19-16-11-5-2-6-12-16/h1,3,7-8,13-16H,2,4-6,9-12H2/t15-/m1/s1. The Morgan fingerprint density at radius 1 is 1.10 bits per heavy atom. The molecule has 1 fully saturated rings. The van der Waals surface area contributed by atoms with Crippen LogP contribution in [-0.2, 0) is 0 Å². The van der Waals surface area contributed by atoms with E-state index in [1.165, 1.54) is 19.3 Å². The number of hydrogen-bond donors (Lipinski definition) is 0. The van der Waals surface area contributed by atoms with Crippen LogP contribution in [0.4, 0.5) is 0 Å². The topological polar surface area (TPSA) is 34.4 Å². The molecule has 0 spiro atoms. The van der Waals surface area contributed by atoms with Gasteiger partial charge in [0.15, 0.2) is 0 Å². The molecule has 0 radical (unpaired) electrons. The van der Waals surface area contributed by atoms with E-state index in [2.05, 4.69) is 12.2 Å². The highest BCUT2D eigenvalue weighted by Crippen LogP contribution is 2.21. The van der Waals surface area contributed by atoms with Crippen LogP contribution in [0.5, 0.6) is 0 Å². The van der Waals surface area contributed by atoms with E-state index in [9.17, 15) is 4.79 Å². The second-order valence-corrected chi connectivity index (χ2v) is 6.17. The van der Waals surface area contributed by atoms with Crippen molar-refractivity contribution in [3.05, 3.63) is 42.0 Å². The molecule has 3 nitrogen and oxygen atoms in total. The van der Waals surface area contributed by atoms with Gasteiger partial charge in [-0.05, 0) is 44.2 Å². The molecular weight excluding hydrogens is 260 g/mol. The number of carbonyl (C=O) groups excluding carboxylic acids is 1. The van der Waals surface area contributed by atoms with Crippen LogP contribution in [-0.4, -0.2) is 16.5 Å². The SMILES string of the molecule is O=C([C@@H]1CC=CCC1)n1ccccc1=NC1CCCCC1. The summed E-state index contributed by atoms with van der Waals surface area (Å²) in [5, 5.41) is 0. The van der Waals surface area contributed by atoms with Crippen LogP contribution >= 0.6 is 0 Å². The maximum atomic E-state index is 12.7. The van der Waals surface area contributed by atoms with Crippen molar-refractivity contribution in [1.29, 1.82) is 0 Å². The number of hydrogen-bond acceptors (Lipinski definition) is 2. The molecule has 1 aromatic rings. The van der Waals surface area contributed by atoms with Crippen molar-refractivity contribution in [2.24, 2.45) is 10.9 Å². The van der Waals surface area contributed by atoms with Crippen LogP contribution in [0.25, 0.3) is 0 Å². The van der Waals surface area contributed by atoms with Gasteiger partial charge in [0.25, 0.3) is 0 Å². The summed E-state index contributed by atoms with van der Waals surface area (Å²) in [5.41, 5.74) is 0.837. The Hall–Kier alpha value is -1.64. The lowest BCUT2D eigenvalue weighted by Gasteiger charge is -2.20. The smallest absolute Gasteiger partial charge is 0.235 e. The fraction of sp³-hybridized carbons (Fsp3) is 0.556. The molecule has 0 saturated heterocycles. The predicted octanol–water partition coefficient (Wildman–Crippen LogP) is 3.72. The summed E-state index contributed by atoms with van der Waals surface area (Å²) in [4.78, 5) is 17.6. The van der Waals surface area contributed by atoms with E-state index in [4.69, 9.17) is 4.99 Å². The fourth-order valence-electron chi connectivity index (χ4n) is 3.34. The monoisotopic (exact) mass is 284 g/mol. The number of allylic oxidation sites excluding steroid dienone is 2. The minimum Gasteiger partial charge on any atom is -0.274 e. The highest BCUT2D eigenvalue weighted by atomic mass is 16.2. The van der Waals surface area contributed by atoms with E-state index in [0.29, 0.717) is 6.04 Å². The Bertz CT molecular complexity index is 579. The van der Waals surface area contributed by atoms with Crippen LogP contribution < -0.4 is 5.49 Å². The van der Waals surface area contributed by atoms with Crippen LogP contribution in [0.1, 0.15) is 56.2 Å². The molecule has 1 aromatic heterocycles. The van der Waals surface area contributed by atoms with Crippen molar-refractivity contribution in [3.8, 4) is 0 Å². The zero-order valence-corrected chi connectivity index (χ0v) is 12.6. The van der Waals surface area contributed by atoms with Gasteiger partial charge in [-0.25, -0.2) is 0 Å². The molecular formula is C18H24N2O. The molecule has 0 unspecified atom stereocenters. The van der Waals surface area contributed by atoms with Gasteiger partial charge in [0.05, 0.1) is 6.04 Å². The van der Waals surface area contributed by atoms with Crippen LogP contribution in [0.15, 0.2) is 41.5 Å². The largest absolute Gasteiger partial charge is 0.274 e. The van der Waals surface area contributed by atoms with Gasteiger partial charge in [0, 0.05) is 12.1 Å². The third kappa shape index (κ3) is 3.52. The molecule has 0 amide bonds. The second-order valence-electron chi connectivity index (χ2n) is 6.17. The number of carbonyl (C=O) groups is 1. The molecule has 3 heteroatoms. The van der Waals surface area contributed by atoms with Gasteiger partial charge in [-0.2, -0.15) is 0 Å². The van der Waals surface area contributed by atoms with Crippen LogP contribution in [0.2, 0.25) is 0 Å². The lowest BCUT2D eigenvalue weighted by atomic mass is 9.93. The van der Waals surface area contributed by atoms with Crippen molar-refractivity contribution >= 4 is 5.91 Å². The van der Waals surface area contributed by atoms with Crippen molar-refractivity contribution in [2.75, 3.05) is 0 Å². The molecule has 0 bridgehead atoms.